The minimum Gasteiger partial charge on any atom is -0.313 e. The van der Waals surface area contributed by atoms with Crippen molar-refractivity contribution in [3.05, 3.63) is 33.8 Å². The number of benzene rings is 1. The Bertz CT molecular complexity index is 369. The van der Waals surface area contributed by atoms with Gasteiger partial charge in [-0.2, -0.15) is 0 Å². The van der Waals surface area contributed by atoms with Crippen molar-refractivity contribution in [2.24, 2.45) is 0 Å². The smallest absolute Gasteiger partial charge is 0.0213 e. The summed E-state index contributed by atoms with van der Waals surface area (Å²) in [4.78, 5) is 0. The summed E-state index contributed by atoms with van der Waals surface area (Å²) in [5.74, 6) is 0.748. The number of hydrogen-bond donors (Lipinski definition) is 1. The Labute approximate surface area is 99.4 Å². The average molecular weight is 266 g/mol. The van der Waals surface area contributed by atoms with Crippen LogP contribution in [0.2, 0.25) is 0 Å². The van der Waals surface area contributed by atoms with Gasteiger partial charge >= 0.3 is 0 Å². The molecule has 80 valence electrons. The van der Waals surface area contributed by atoms with Gasteiger partial charge in [0.05, 0.1) is 0 Å². The first-order valence-electron chi connectivity index (χ1n) is 5.87. The molecule has 1 nitrogen and oxygen atoms in total. The molecule has 0 radical (unpaired) electrons. The van der Waals surface area contributed by atoms with E-state index in [-0.39, 0.29) is 0 Å². The quantitative estimate of drug-likeness (QED) is 0.822. The highest BCUT2D eigenvalue weighted by Crippen LogP contribution is 2.41. The fourth-order valence-electron chi connectivity index (χ4n) is 3.13. The maximum Gasteiger partial charge on any atom is 0.0213 e. The molecular formula is C13H16BrN. The fourth-order valence-corrected chi connectivity index (χ4v) is 3.83. The minimum atomic E-state index is 0.727. The van der Waals surface area contributed by atoms with Crippen LogP contribution in [0.5, 0.6) is 0 Å². The largest absolute Gasteiger partial charge is 0.313 e. The third kappa shape index (κ3) is 1.64. The van der Waals surface area contributed by atoms with Crippen LogP contribution in [0.15, 0.2) is 22.7 Å². The van der Waals surface area contributed by atoms with E-state index in [0.29, 0.717) is 0 Å². The fraction of sp³-hybridized carbons (Fsp3) is 0.538. The molecule has 1 aliphatic heterocycles. The number of halogens is 1. The second-order valence-corrected chi connectivity index (χ2v) is 5.51. The van der Waals surface area contributed by atoms with Gasteiger partial charge in [0.1, 0.15) is 0 Å². The van der Waals surface area contributed by atoms with Crippen LogP contribution >= 0.6 is 15.9 Å². The normalized spacial score (nSPS) is 29.4. The molecule has 1 fully saturated rings. The number of aryl methyl sites for hydroxylation is 1. The second-order valence-electron chi connectivity index (χ2n) is 4.66. The van der Waals surface area contributed by atoms with E-state index in [4.69, 9.17) is 0 Å². The molecule has 2 heteroatoms. The lowest BCUT2D eigenvalue weighted by Crippen LogP contribution is -2.27. The van der Waals surface area contributed by atoms with Crippen LogP contribution in [-0.2, 0) is 6.42 Å². The highest BCUT2D eigenvalue weighted by Gasteiger charge is 2.32. The van der Waals surface area contributed by atoms with Crippen LogP contribution in [0.4, 0.5) is 0 Å². The standard InChI is InChI=1S/C13H16BrN/c14-11-4-1-3-9-6-7-10(13(9)11)12-5-2-8-15-12/h1,3-4,10,12,15H,2,5-8H2. The molecule has 1 heterocycles. The summed E-state index contributed by atoms with van der Waals surface area (Å²) >= 11 is 3.71. The Kier molecular flexibility index (Phi) is 2.57. The maximum atomic E-state index is 3.71. The highest BCUT2D eigenvalue weighted by atomic mass is 79.9. The lowest BCUT2D eigenvalue weighted by molar-refractivity contribution is 0.485. The van der Waals surface area contributed by atoms with Gasteiger partial charge in [-0.1, -0.05) is 28.1 Å². The van der Waals surface area contributed by atoms with Crippen LogP contribution in [-0.4, -0.2) is 12.6 Å². The number of rotatable bonds is 1. The van der Waals surface area contributed by atoms with Crippen molar-refractivity contribution in [2.75, 3.05) is 6.54 Å². The number of nitrogens with one attached hydrogen (secondary N) is 1. The molecule has 2 unspecified atom stereocenters. The molecule has 1 aliphatic carbocycles. The van der Waals surface area contributed by atoms with Crippen molar-refractivity contribution in [1.29, 1.82) is 0 Å². The van der Waals surface area contributed by atoms with Gasteiger partial charge < -0.3 is 5.32 Å². The predicted octanol–water partition coefficient (Wildman–Crippen LogP) is 3.23. The molecule has 0 bridgehead atoms. The second kappa shape index (κ2) is 3.91. The van der Waals surface area contributed by atoms with Gasteiger partial charge in [0.2, 0.25) is 0 Å². The molecule has 15 heavy (non-hydrogen) atoms. The van der Waals surface area contributed by atoms with Crippen molar-refractivity contribution in [1.82, 2.24) is 5.32 Å². The van der Waals surface area contributed by atoms with Crippen molar-refractivity contribution < 1.29 is 0 Å². The van der Waals surface area contributed by atoms with E-state index in [1.807, 2.05) is 0 Å². The minimum absolute atomic E-state index is 0.727. The lowest BCUT2D eigenvalue weighted by atomic mass is 9.92. The number of fused-ring (bicyclic) bond motifs is 1. The van der Waals surface area contributed by atoms with Gasteiger partial charge in [-0.15, -0.1) is 0 Å². The van der Waals surface area contributed by atoms with Crippen molar-refractivity contribution in [3.63, 3.8) is 0 Å². The summed E-state index contributed by atoms with van der Waals surface area (Å²) in [7, 11) is 0. The zero-order valence-electron chi connectivity index (χ0n) is 8.80. The highest BCUT2D eigenvalue weighted by molar-refractivity contribution is 9.10. The topological polar surface area (TPSA) is 12.0 Å². The Morgan fingerprint density at radius 3 is 3.00 bits per heavy atom. The summed E-state index contributed by atoms with van der Waals surface area (Å²) in [5.41, 5.74) is 3.14. The SMILES string of the molecule is Brc1cccc2c1C(C1CCCN1)CC2. The lowest BCUT2D eigenvalue weighted by Gasteiger charge is -2.20. The van der Waals surface area contributed by atoms with E-state index in [0.717, 1.165) is 12.0 Å². The molecule has 1 aromatic rings. The predicted molar refractivity (Wildman–Crippen MR) is 66.2 cm³/mol. The van der Waals surface area contributed by atoms with E-state index in [1.165, 1.54) is 36.7 Å². The van der Waals surface area contributed by atoms with Crippen LogP contribution in [0, 0.1) is 0 Å². The summed E-state index contributed by atoms with van der Waals surface area (Å²) in [5, 5.41) is 3.65. The first-order chi connectivity index (χ1) is 7.36. The molecule has 1 aromatic carbocycles. The molecular weight excluding hydrogens is 250 g/mol. The first kappa shape index (κ1) is 9.86. The molecule has 1 saturated heterocycles. The van der Waals surface area contributed by atoms with Crippen LogP contribution in [0.25, 0.3) is 0 Å². The van der Waals surface area contributed by atoms with E-state index in [9.17, 15) is 0 Å². The zero-order chi connectivity index (χ0) is 10.3. The van der Waals surface area contributed by atoms with Gasteiger partial charge in [-0.3, -0.25) is 0 Å². The van der Waals surface area contributed by atoms with Gasteiger partial charge in [0, 0.05) is 16.4 Å². The van der Waals surface area contributed by atoms with Crippen LogP contribution in [0.3, 0.4) is 0 Å². The molecule has 3 rings (SSSR count). The summed E-state index contributed by atoms with van der Waals surface area (Å²) in [6.07, 6.45) is 5.29. The molecule has 0 saturated carbocycles. The molecule has 0 aromatic heterocycles. The summed E-state index contributed by atoms with van der Waals surface area (Å²) in [6.45, 7) is 1.21. The first-order valence-corrected chi connectivity index (χ1v) is 6.66. The number of hydrogen-bond acceptors (Lipinski definition) is 1. The van der Waals surface area contributed by atoms with Crippen molar-refractivity contribution in [3.8, 4) is 0 Å². The molecule has 2 atom stereocenters. The van der Waals surface area contributed by atoms with Gasteiger partial charge in [-0.25, -0.2) is 0 Å². The van der Waals surface area contributed by atoms with Crippen LogP contribution < -0.4 is 5.32 Å². The Morgan fingerprint density at radius 1 is 1.27 bits per heavy atom. The third-order valence-corrected chi connectivity index (χ3v) is 4.51. The van der Waals surface area contributed by atoms with Gasteiger partial charge in [-0.05, 0) is 49.4 Å². The molecule has 1 N–H and O–H groups in total. The molecule has 0 spiro atoms. The monoisotopic (exact) mass is 265 g/mol. The van der Waals surface area contributed by atoms with Gasteiger partial charge in [0.15, 0.2) is 0 Å². The van der Waals surface area contributed by atoms with Gasteiger partial charge in [0.25, 0.3) is 0 Å². The van der Waals surface area contributed by atoms with E-state index < -0.39 is 0 Å². The van der Waals surface area contributed by atoms with E-state index >= 15 is 0 Å². The average Bonchev–Trinajstić information content (AvgIpc) is 2.85. The van der Waals surface area contributed by atoms with Crippen molar-refractivity contribution in [2.45, 2.75) is 37.6 Å². The maximum absolute atomic E-state index is 3.71. The Hall–Kier alpha value is -0.340. The zero-order valence-corrected chi connectivity index (χ0v) is 10.4. The van der Waals surface area contributed by atoms with Crippen molar-refractivity contribution >= 4 is 15.9 Å². The summed E-state index contributed by atoms with van der Waals surface area (Å²) < 4.78 is 1.32. The summed E-state index contributed by atoms with van der Waals surface area (Å²) in [6, 6.07) is 7.36. The Balaban J connectivity index is 1.96. The molecule has 0 amide bonds. The van der Waals surface area contributed by atoms with E-state index in [1.54, 1.807) is 11.1 Å². The van der Waals surface area contributed by atoms with E-state index in [2.05, 4.69) is 39.4 Å². The third-order valence-electron chi connectivity index (χ3n) is 3.82. The molecule has 2 aliphatic rings. The Morgan fingerprint density at radius 2 is 2.20 bits per heavy atom. The van der Waals surface area contributed by atoms with Crippen LogP contribution in [0.1, 0.15) is 36.3 Å².